The predicted octanol–water partition coefficient (Wildman–Crippen LogP) is 4.64. The van der Waals surface area contributed by atoms with Crippen molar-refractivity contribution in [1.29, 1.82) is 0 Å². The minimum absolute atomic E-state index is 0.0297. The van der Waals surface area contributed by atoms with E-state index < -0.39 is 5.41 Å². The highest BCUT2D eigenvalue weighted by atomic mass is 16.3. The maximum atomic E-state index is 12.9. The zero-order valence-corrected chi connectivity index (χ0v) is 17.3. The van der Waals surface area contributed by atoms with Crippen LogP contribution in [0.5, 0.6) is 0 Å². The highest BCUT2D eigenvalue weighted by molar-refractivity contribution is 5.92. The molecule has 2 fully saturated rings. The average molecular weight is 371 g/mol. The molecule has 4 aliphatic rings. The molecule has 4 aliphatic carbocycles. The van der Waals surface area contributed by atoms with Crippen molar-refractivity contribution in [3.8, 4) is 0 Å². The number of Topliss-reactive ketones (excluding diaryl/α,β-unsaturated/α-hetero) is 1. The van der Waals surface area contributed by atoms with E-state index in [4.69, 9.17) is 0 Å². The molecular formula is C24H34O3. The van der Waals surface area contributed by atoms with Crippen LogP contribution in [0.3, 0.4) is 0 Å². The van der Waals surface area contributed by atoms with Gasteiger partial charge in [-0.1, -0.05) is 51.3 Å². The first-order valence-electron chi connectivity index (χ1n) is 10.8. The smallest absolute Gasteiger partial charge is 0.164 e. The van der Waals surface area contributed by atoms with Gasteiger partial charge in [0.2, 0.25) is 0 Å². The van der Waals surface area contributed by atoms with Gasteiger partial charge in [-0.25, -0.2) is 0 Å². The summed E-state index contributed by atoms with van der Waals surface area (Å²) in [5.74, 6) is 1.68. The summed E-state index contributed by atoms with van der Waals surface area (Å²) in [4.78, 5) is 24.9. The lowest BCUT2D eigenvalue weighted by Gasteiger charge is -2.55. The van der Waals surface area contributed by atoms with E-state index in [2.05, 4.69) is 33.8 Å². The van der Waals surface area contributed by atoms with E-state index in [0.717, 1.165) is 38.5 Å². The Morgan fingerprint density at radius 2 is 2.00 bits per heavy atom. The Morgan fingerprint density at radius 3 is 2.67 bits per heavy atom. The zero-order valence-electron chi connectivity index (χ0n) is 17.3. The number of ketones is 2. The van der Waals surface area contributed by atoms with Crippen molar-refractivity contribution in [2.24, 2.45) is 34.0 Å². The second-order valence-corrected chi connectivity index (χ2v) is 10.1. The second kappa shape index (κ2) is 6.14. The molecular weight excluding hydrogens is 336 g/mol. The third-order valence-electron chi connectivity index (χ3n) is 9.48. The Kier molecular flexibility index (Phi) is 4.34. The summed E-state index contributed by atoms with van der Waals surface area (Å²) in [6, 6.07) is 0. The van der Waals surface area contributed by atoms with Crippen molar-refractivity contribution >= 4 is 11.6 Å². The molecule has 3 heteroatoms. The van der Waals surface area contributed by atoms with Crippen LogP contribution in [0, 0.1) is 34.0 Å². The Bertz CT molecular complexity index is 747. The first kappa shape index (κ1) is 19.1. The van der Waals surface area contributed by atoms with Crippen LogP contribution in [0.25, 0.3) is 0 Å². The minimum atomic E-state index is -0.442. The fourth-order valence-electron chi connectivity index (χ4n) is 7.54. The summed E-state index contributed by atoms with van der Waals surface area (Å²) >= 11 is 0. The minimum Gasteiger partial charge on any atom is -0.389 e. The van der Waals surface area contributed by atoms with Crippen molar-refractivity contribution in [2.45, 2.75) is 72.6 Å². The van der Waals surface area contributed by atoms with E-state index in [9.17, 15) is 14.7 Å². The van der Waals surface area contributed by atoms with Crippen LogP contribution in [0.1, 0.15) is 72.6 Å². The number of allylic oxidation sites excluding steroid dienone is 4. The lowest BCUT2D eigenvalue weighted by Crippen LogP contribution is -2.51. The standard InChI is InChI=1S/C24H34O3/c1-5-15-13-20-18-7-6-16-12-17(26)8-10-22(16,2)19(18)9-11-23(20,3)24(15,4)21(27)14-25/h9,12,15,18,20,25H,5-8,10-11,13-14H2,1-4H3/t15-,18?,20?,22-,23-,24+/m0/s1. The molecule has 148 valence electrons. The normalized spacial score (nSPS) is 46.1. The van der Waals surface area contributed by atoms with Gasteiger partial charge in [-0.2, -0.15) is 0 Å². The van der Waals surface area contributed by atoms with Gasteiger partial charge < -0.3 is 5.11 Å². The van der Waals surface area contributed by atoms with Crippen LogP contribution in [-0.2, 0) is 9.59 Å². The summed E-state index contributed by atoms with van der Waals surface area (Å²) < 4.78 is 0. The molecule has 0 bridgehead atoms. The van der Waals surface area contributed by atoms with Crippen LogP contribution >= 0.6 is 0 Å². The number of rotatable bonds is 3. The lowest BCUT2D eigenvalue weighted by atomic mass is 9.48. The topological polar surface area (TPSA) is 54.4 Å². The number of hydrogen-bond donors (Lipinski definition) is 1. The third-order valence-corrected chi connectivity index (χ3v) is 9.48. The highest BCUT2D eigenvalue weighted by Crippen LogP contribution is 2.70. The molecule has 0 aromatic rings. The molecule has 0 spiro atoms. The molecule has 27 heavy (non-hydrogen) atoms. The van der Waals surface area contributed by atoms with Crippen molar-refractivity contribution < 1.29 is 14.7 Å². The fourth-order valence-corrected chi connectivity index (χ4v) is 7.54. The molecule has 1 N–H and O–H groups in total. The molecule has 4 rings (SSSR count). The summed E-state index contributed by atoms with van der Waals surface area (Å²) in [5.41, 5.74) is 2.40. The molecule has 0 amide bonds. The molecule has 6 atom stereocenters. The van der Waals surface area contributed by atoms with Crippen molar-refractivity contribution in [3.63, 3.8) is 0 Å². The summed E-state index contributed by atoms with van der Waals surface area (Å²) in [7, 11) is 0. The van der Waals surface area contributed by atoms with Gasteiger partial charge in [-0.05, 0) is 61.3 Å². The molecule has 0 aromatic heterocycles. The number of aliphatic hydroxyl groups is 1. The average Bonchev–Trinajstić information content (AvgIpc) is 2.90. The fraction of sp³-hybridized carbons (Fsp3) is 0.750. The van der Waals surface area contributed by atoms with Crippen LogP contribution in [0.4, 0.5) is 0 Å². The SMILES string of the molecule is CC[C@H]1CC2C3CCC4=CC(=O)CC[C@]4(C)C3=CC[C@]2(C)[C@@]1(C)C(=O)CO. The van der Waals surface area contributed by atoms with E-state index in [-0.39, 0.29) is 29.0 Å². The van der Waals surface area contributed by atoms with Gasteiger partial charge >= 0.3 is 0 Å². The molecule has 0 heterocycles. The van der Waals surface area contributed by atoms with Crippen LogP contribution in [0.2, 0.25) is 0 Å². The maximum absolute atomic E-state index is 12.9. The number of hydrogen-bond acceptors (Lipinski definition) is 3. The highest BCUT2D eigenvalue weighted by Gasteiger charge is 2.65. The van der Waals surface area contributed by atoms with E-state index in [1.165, 1.54) is 5.57 Å². The van der Waals surface area contributed by atoms with E-state index in [1.807, 2.05) is 6.08 Å². The second-order valence-electron chi connectivity index (χ2n) is 10.1. The van der Waals surface area contributed by atoms with E-state index in [0.29, 0.717) is 24.2 Å². The monoisotopic (exact) mass is 370 g/mol. The van der Waals surface area contributed by atoms with Crippen molar-refractivity contribution in [2.75, 3.05) is 6.61 Å². The van der Waals surface area contributed by atoms with Crippen molar-refractivity contribution in [3.05, 3.63) is 23.3 Å². The first-order valence-corrected chi connectivity index (χ1v) is 10.8. The molecule has 2 saturated carbocycles. The predicted molar refractivity (Wildman–Crippen MR) is 106 cm³/mol. The number of carbonyl (C=O) groups is 2. The summed E-state index contributed by atoms with van der Waals surface area (Å²) in [5, 5.41) is 9.73. The summed E-state index contributed by atoms with van der Waals surface area (Å²) in [6.07, 6.45) is 11.1. The largest absolute Gasteiger partial charge is 0.389 e. The third kappa shape index (κ3) is 2.30. The summed E-state index contributed by atoms with van der Waals surface area (Å²) in [6.45, 7) is 8.64. The van der Waals surface area contributed by atoms with Gasteiger partial charge in [0.15, 0.2) is 11.6 Å². The Morgan fingerprint density at radius 1 is 1.26 bits per heavy atom. The maximum Gasteiger partial charge on any atom is 0.164 e. The Labute approximate surface area is 163 Å². The Hall–Kier alpha value is -1.22. The van der Waals surface area contributed by atoms with Crippen LogP contribution in [-0.4, -0.2) is 23.3 Å². The van der Waals surface area contributed by atoms with E-state index >= 15 is 0 Å². The van der Waals surface area contributed by atoms with Gasteiger partial charge in [0, 0.05) is 17.3 Å². The van der Waals surface area contributed by atoms with Crippen LogP contribution < -0.4 is 0 Å². The van der Waals surface area contributed by atoms with Gasteiger partial charge in [0.05, 0.1) is 0 Å². The molecule has 3 nitrogen and oxygen atoms in total. The first-order chi connectivity index (χ1) is 12.7. The Balaban J connectivity index is 1.78. The quantitative estimate of drug-likeness (QED) is 0.736. The van der Waals surface area contributed by atoms with E-state index in [1.54, 1.807) is 5.57 Å². The van der Waals surface area contributed by atoms with Gasteiger partial charge in [0.25, 0.3) is 0 Å². The van der Waals surface area contributed by atoms with Gasteiger partial charge in [-0.15, -0.1) is 0 Å². The molecule has 0 aromatic carbocycles. The molecule has 2 unspecified atom stereocenters. The number of carbonyl (C=O) groups excluding carboxylic acids is 2. The van der Waals surface area contributed by atoms with Gasteiger partial charge in [0.1, 0.15) is 6.61 Å². The number of aliphatic hydroxyl groups excluding tert-OH is 1. The van der Waals surface area contributed by atoms with Gasteiger partial charge in [-0.3, -0.25) is 9.59 Å². The molecule has 0 saturated heterocycles. The van der Waals surface area contributed by atoms with Crippen LogP contribution in [0.15, 0.2) is 23.3 Å². The molecule has 0 aliphatic heterocycles. The lowest BCUT2D eigenvalue weighted by molar-refractivity contribution is -0.141. The molecule has 0 radical (unpaired) electrons. The zero-order chi connectivity index (χ0) is 19.6. The van der Waals surface area contributed by atoms with Crippen molar-refractivity contribution in [1.82, 2.24) is 0 Å². The number of fused-ring (bicyclic) bond motifs is 5.